The molecule has 2 nitrogen and oxygen atoms in total. The Hall–Kier alpha value is -0.570. The van der Waals surface area contributed by atoms with Crippen LogP contribution in [0.25, 0.3) is 0 Å². The average Bonchev–Trinajstić information content (AvgIpc) is 2.25. The molecule has 1 aliphatic heterocycles. The van der Waals surface area contributed by atoms with Crippen LogP contribution in [-0.2, 0) is 0 Å². The van der Waals surface area contributed by atoms with Crippen molar-refractivity contribution in [1.82, 2.24) is 10.2 Å². The van der Waals surface area contributed by atoms with E-state index in [9.17, 15) is 0 Å². The third kappa shape index (κ3) is 3.82. The molecule has 3 heteroatoms. The molecule has 1 rings (SSSR count). The number of piperidine rings is 1. The van der Waals surface area contributed by atoms with Crippen LogP contribution in [0.1, 0.15) is 39.5 Å². The predicted octanol–water partition coefficient (Wildman–Crippen LogP) is 2.70. The molecule has 0 unspecified atom stereocenters. The predicted molar refractivity (Wildman–Crippen MR) is 70.1 cm³/mol. The van der Waals surface area contributed by atoms with Crippen LogP contribution < -0.4 is 5.32 Å². The summed E-state index contributed by atoms with van der Waals surface area (Å²) in [4.78, 5) is 2.35. The van der Waals surface area contributed by atoms with E-state index in [4.69, 9.17) is 12.2 Å². The van der Waals surface area contributed by atoms with Gasteiger partial charge in [0.1, 0.15) is 0 Å². The first-order valence-corrected chi connectivity index (χ1v) is 6.24. The highest BCUT2D eigenvalue weighted by Gasteiger charge is 2.22. The standard InChI is InChI=1S/C12H22N2S/c1-4-11-7-5-6-8-14(11)12(15)13-9-10(2)3/h11H,2,4-9H2,1,3H3,(H,13,15)/t11-/m1/s1. The van der Waals surface area contributed by atoms with Gasteiger partial charge >= 0.3 is 0 Å². The molecule has 1 saturated heterocycles. The van der Waals surface area contributed by atoms with Crippen LogP contribution in [0, 0.1) is 0 Å². The number of nitrogens with zero attached hydrogens (tertiary/aromatic N) is 1. The lowest BCUT2D eigenvalue weighted by atomic mass is 10.0. The summed E-state index contributed by atoms with van der Waals surface area (Å²) in [5.74, 6) is 0. The maximum absolute atomic E-state index is 5.41. The Morgan fingerprint density at radius 2 is 2.27 bits per heavy atom. The average molecular weight is 226 g/mol. The van der Waals surface area contributed by atoms with Gasteiger partial charge in [0.05, 0.1) is 0 Å². The van der Waals surface area contributed by atoms with E-state index in [0.717, 1.165) is 23.8 Å². The molecule has 1 N–H and O–H groups in total. The van der Waals surface area contributed by atoms with E-state index in [0.29, 0.717) is 6.04 Å². The van der Waals surface area contributed by atoms with Crippen molar-refractivity contribution in [3.8, 4) is 0 Å². The summed E-state index contributed by atoms with van der Waals surface area (Å²) in [5, 5.41) is 4.18. The van der Waals surface area contributed by atoms with Crippen LogP contribution >= 0.6 is 12.2 Å². The molecule has 15 heavy (non-hydrogen) atoms. The van der Waals surface area contributed by atoms with Crippen molar-refractivity contribution in [2.75, 3.05) is 13.1 Å². The molecule has 1 atom stereocenters. The lowest BCUT2D eigenvalue weighted by molar-refractivity contribution is 0.233. The highest BCUT2D eigenvalue weighted by molar-refractivity contribution is 7.80. The van der Waals surface area contributed by atoms with Crippen LogP contribution in [0.2, 0.25) is 0 Å². The van der Waals surface area contributed by atoms with Crippen molar-refractivity contribution in [3.05, 3.63) is 12.2 Å². The van der Waals surface area contributed by atoms with E-state index in [1.807, 2.05) is 6.92 Å². The molecule has 0 amide bonds. The largest absolute Gasteiger partial charge is 0.359 e. The summed E-state index contributed by atoms with van der Waals surface area (Å²) in [5.41, 5.74) is 1.13. The highest BCUT2D eigenvalue weighted by Crippen LogP contribution is 2.19. The fourth-order valence-corrected chi connectivity index (χ4v) is 2.33. The van der Waals surface area contributed by atoms with Gasteiger partial charge < -0.3 is 10.2 Å². The highest BCUT2D eigenvalue weighted by atomic mass is 32.1. The Kier molecular flexibility index (Phi) is 5.09. The molecule has 1 heterocycles. The quantitative estimate of drug-likeness (QED) is 0.588. The normalized spacial score (nSPS) is 21.2. The Balaban J connectivity index is 2.44. The molecule has 0 bridgehead atoms. The van der Waals surface area contributed by atoms with E-state index in [1.165, 1.54) is 25.7 Å². The molecule has 0 aromatic rings. The van der Waals surface area contributed by atoms with Crippen LogP contribution in [-0.4, -0.2) is 29.1 Å². The van der Waals surface area contributed by atoms with E-state index in [-0.39, 0.29) is 0 Å². The van der Waals surface area contributed by atoms with Gasteiger partial charge in [-0.25, -0.2) is 0 Å². The van der Waals surface area contributed by atoms with Gasteiger partial charge in [-0.2, -0.15) is 0 Å². The second-order valence-corrected chi connectivity index (χ2v) is 4.75. The smallest absolute Gasteiger partial charge is 0.169 e. The molecule has 0 spiro atoms. The minimum atomic E-state index is 0.642. The van der Waals surface area contributed by atoms with Gasteiger partial charge in [-0.3, -0.25) is 0 Å². The fourth-order valence-electron chi connectivity index (χ4n) is 2.02. The maximum atomic E-state index is 5.41. The van der Waals surface area contributed by atoms with Crippen LogP contribution in [0.5, 0.6) is 0 Å². The van der Waals surface area contributed by atoms with Gasteiger partial charge in [0.2, 0.25) is 0 Å². The number of rotatable bonds is 3. The summed E-state index contributed by atoms with van der Waals surface area (Å²) in [6, 6.07) is 0.642. The van der Waals surface area contributed by atoms with Gasteiger partial charge in [-0.15, -0.1) is 0 Å². The third-order valence-corrected chi connectivity index (χ3v) is 3.28. The van der Waals surface area contributed by atoms with Gasteiger partial charge in [0.15, 0.2) is 5.11 Å². The molecule has 0 saturated carbocycles. The van der Waals surface area contributed by atoms with Gasteiger partial charge in [-0.1, -0.05) is 19.1 Å². The van der Waals surface area contributed by atoms with Crippen LogP contribution in [0.15, 0.2) is 12.2 Å². The molecule has 0 aromatic heterocycles. The van der Waals surface area contributed by atoms with E-state index >= 15 is 0 Å². The van der Waals surface area contributed by atoms with E-state index in [1.54, 1.807) is 0 Å². The first kappa shape index (κ1) is 12.5. The zero-order valence-corrected chi connectivity index (χ0v) is 10.7. The molecule has 0 aliphatic carbocycles. The van der Waals surface area contributed by atoms with Crippen LogP contribution in [0.4, 0.5) is 0 Å². The van der Waals surface area contributed by atoms with Crippen molar-refractivity contribution < 1.29 is 0 Å². The third-order valence-electron chi connectivity index (χ3n) is 2.90. The summed E-state index contributed by atoms with van der Waals surface area (Å²) < 4.78 is 0. The number of likely N-dealkylation sites (tertiary alicyclic amines) is 1. The number of thiocarbonyl (C=S) groups is 1. The van der Waals surface area contributed by atoms with Crippen molar-refractivity contribution in [2.45, 2.75) is 45.6 Å². The van der Waals surface area contributed by atoms with Crippen molar-refractivity contribution in [3.63, 3.8) is 0 Å². The second-order valence-electron chi connectivity index (χ2n) is 4.37. The Labute approximate surface area is 98.7 Å². The molecular weight excluding hydrogens is 204 g/mol. The Morgan fingerprint density at radius 1 is 1.53 bits per heavy atom. The van der Waals surface area contributed by atoms with Gasteiger partial charge in [0, 0.05) is 19.1 Å². The van der Waals surface area contributed by atoms with E-state index < -0.39 is 0 Å². The first-order valence-electron chi connectivity index (χ1n) is 5.84. The van der Waals surface area contributed by atoms with Crippen molar-refractivity contribution >= 4 is 17.3 Å². The molecule has 1 fully saturated rings. The van der Waals surface area contributed by atoms with Gasteiger partial charge in [0.25, 0.3) is 0 Å². The summed E-state index contributed by atoms with van der Waals surface area (Å²) in [6.07, 6.45) is 5.09. The molecule has 0 radical (unpaired) electrons. The minimum absolute atomic E-state index is 0.642. The lowest BCUT2D eigenvalue weighted by Crippen LogP contribution is -2.48. The maximum Gasteiger partial charge on any atom is 0.169 e. The molecular formula is C12H22N2S. The summed E-state index contributed by atoms with van der Waals surface area (Å²) in [7, 11) is 0. The van der Waals surface area contributed by atoms with E-state index in [2.05, 4.69) is 23.7 Å². The van der Waals surface area contributed by atoms with Crippen molar-refractivity contribution in [1.29, 1.82) is 0 Å². The first-order chi connectivity index (χ1) is 7.15. The Bertz CT molecular complexity index is 238. The molecule has 0 aromatic carbocycles. The number of hydrogen-bond acceptors (Lipinski definition) is 1. The molecule has 1 aliphatic rings. The monoisotopic (exact) mass is 226 g/mol. The minimum Gasteiger partial charge on any atom is -0.359 e. The topological polar surface area (TPSA) is 15.3 Å². The van der Waals surface area contributed by atoms with Crippen molar-refractivity contribution in [2.24, 2.45) is 0 Å². The van der Waals surface area contributed by atoms with Crippen LogP contribution in [0.3, 0.4) is 0 Å². The summed E-state index contributed by atoms with van der Waals surface area (Å²) >= 11 is 5.41. The zero-order valence-electron chi connectivity index (χ0n) is 9.88. The fraction of sp³-hybridized carbons (Fsp3) is 0.750. The second kappa shape index (κ2) is 6.11. The molecule has 86 valence electrons. The Morgan fingerprint density at radius 3 is 2.87 bits per heavy atom. The lowest BCUT2D eigenvalue weighted by Gasteiger charge is -2.37. The number of nitrogens with one attached hydrogen (secondary N) is 1. The number of hydrogen-bond donors (Lipinski definition) is 1. The van der Waals surface area contributed by atoms with Gasteiger partial charge in [-0.05, 0) is 44.8 Å². The summed E-state index contributed by atoms with van der Waals surface area (Å²) in [6.45, 7) is 10.0. The SMILES string of the molecule is C=C(C)CNC(=S)N1CCCC[C@H]1CC. The zero-order chi connectivity index (χ0) is 11.3.